The van der Waals surface area contributed by atoms with Gasteiger partial charge < -0.3 is 16.0 Å². The van der Waals surface area contributed by atoms with Gasteiger partial charge in [-0.2, -0.15) is 0 Å². The molecule has 0 unspecified atom stereocenters. The molecule has 0 spiro atoms. The van der Waals surface area contributed by atoms with Crippen LogP contribution in [0.5, 0.6) is 0 Å². The fraction of sp³-hybridized carbons (Fsp3) is 0.316. The summed E-state index contributed by atoms with van der Waals surface area (Å²) in [5.41, 5.74) is 2.82. The summed E-state index contributed by atoms with van der Waals surface area (Å²) in [7, 11) is 1.74. The van der Waals surface area contributed by atoms with Crippen LogP contribution in [0.4, 0.5) is 10.1 Å². The average molecular weight is 456 g/mol. The number of guanidine groups is 1. The van der Waals surface area contributed by atoms with E-state index in [1.807, 2.05) is 24.3 Å². The number of benzene rings is 2. The number of hydrogen-bond donors (Lipinski definition) is 3. The van der Waals surface area contributed by atoms with Crippen LogP contribution < -0.4 is 16.0 Å². The summed E-state index contributed by atoms with van der Waals surface area (Å²) in [4.78, 5) is 4.20. The van der Waals surface area contributed by atoms with E-state index in [-0.39, 0.29) is 29.8 Å². The number of anilines is 1. The standard InChI is InChI=1S/C19H25FN4.HI/c1-15-13-16(9-10-18(15)20)14-24-19(21-2)23-12-6-11-22-17-7-4-3-5-8-17;/h3-5,7-10,13,22H,6,11-12,14H2,1-2H3,(H2,21,23,24);1H. The Morgan fingerprint density at radius 3 is 2.48 bits per heavy atom. The molecule has 0 saturated carbocycles. The van der Waals surface area contributed by atoms with Crippen molar-refractivity contribution in [3.8, 4) is 0 Å². The zero-order chi connectivity index (χ0) is 17.2. The summed E-state index contributed by atoms with van der Waals surface area (Å²) in [6.45, 7) is 4.10. The van der Waals surface area contributed by atoms with Gasteiger partial charge in [0, 0.05) is 32.4 Å². The molecule has 0 bridgehead atoms. The third-order valence-corrected chi connectivity index (χ3v) is 3.65. The second-order valence-electron chi connectivity index (χ2n) is 5.58. The molecule has 25 heavy (non-hydrogen) atoms. The molecule has 0 aliphatic rings. The maximum absolute atomic E-state index is 13.3. The van der Waals surface area contributed by atoms with E-state index in [0.29, 0.717) is 12.1 Å². The summed E-state index contributed by atoms with van der Waals surface area (Å²) in [5, 5.41) is 9.88. The maximum atomic E-state index is 13.3. The van der Waals surface area contributed by atoms with Gasteiger partial charge in [-0.25, -0.2) is 4.39 Å². The summed E-state index contributed by atoms with van der Waals surface area (Å²) < 4.78 is 13.3. The lowest BCUT2D eigenvalue weighted by Crippen LogP contribution is -2.37. The van der Waals surface area contributed by atoms with Crippen molar-refractivity contribution in [3.63, 3.8) is 0 Å². The molecule has 0 saturated heterocycles. The topological polar surface area (TPSA) is 48.5 Å². The highest BCUT2D eigenvalue weighted by Crippen LogP contribution is 2.08. The van der Waals surface area contributed by atoms with Crippen LogP contribution in [0.3, 0.4) is 0 Å². The highest BCUT2D eigenvalue weighted by molar-refractivity contribution is 14.0. The van der Waals surface area contributed by atoms with Crippen LogP contribution in [0, 0.1) is 12.7 Å². The molecular formula is C19H26FIN4. The van der Waals surface area contributed by atoms with Crippen LogP contribution in [0.2, 0.25) is 0 Å². The highest BCUT2D eigenvalue weighted by atomic mass is 127. The molecule has 0 atom stereocenters. The first kappa shape index (κ1) is 21.2. The van der Waals surface area contributed by atoms with Gasteiger partial charge in [-0.05, 0) is 42.7 Å². The lowest BCUT2D eigenvalue weighted by molar-refractivity contribution is 0.617. The summed E-state index contributed by atoms with van der Waals surface area (Å²) in [6, 6.07) is 15.3. The van der Waals surface area contributed by atoms with E-state index >= 15 is 0 Å². The molecule has 136 valence electrons. The SMILES string of the molecule is CN=C(NCCCNc1ccccc1)NCc1ccc(F)c(C)c1.I. The molecule has 6 heteroatoms. The van der Waals surface area contributed by atoms with Crippen LogP contribution >= 0.6 is 24.0 Å². The molecule has 0 fully saturated rings. The summed E-state index contributed by atoms with van der Waals surface area (Å²) in [6.07, 6.45) is 0.977. The largest absolute Gasteiger partial charge is 0.385 e. The Morgan fingerprint density at radius 2 is 1.80 bits per heavy atom. The Kier molecular flexibility index (Phi) is 9.91. The summed E-state index contributed by atoms with van der Waals surface area (Å²) in [5.74, 6) is 0.573. The fourth-order valence-corrected chi connectivity index (χ4v) is 2.31. The van der Waals surface area contributed by atoms with Crippen molar-refractivity contribution < 1.29 is 4.39 Å². The number of rotatable bonds is 7. The summed E-state index contributed by atoms with van der Waals surface area (Å²) >= 11 is 0. The number of aryl methyl sites for hydroxylation is 1. The van der Waals surface area contributed by atoms with Crippen LogP contribution in [-0.4, -0.2) is 26.1 Å². The Morgan fingerprint density at radius 1 is 1.04 bits per heavy atom. The van der Waals surface area contributed by atoms with Crippen molar-refractivity contribution in [3.05, 3.63) is 65.5 Å². The monoisotopic (exact) mass is 456 g/mol. The van der Waals surface area contributed by atoms with Crippen molar-refractivity contribution in [2.75, 3.05) is 25.5 Å². The Balaban J connectivity index is 0.00000312. The Hall–Kier alpha value is -1.83. The van der Waals surface area contributed by atoms with E-state index in [4.69, 9.17) is 0 Å². The zero-order valence-electron chi connectivity index (χ0n) is 14.7. The van der Waals surface area contributed by atoms with E-state index in [0.717, 1.165) is 36.7 Å². The van der Waals surface area contributed by atoms with E-state index in [2.05, 4.69) is 33.1 Å². The van der Waals surface area contributed by atoms with Crippen LogP contribution in [0.1, 0.15) is 17.5 Å². The first-order chi connectivity index (χ1) is 11.7. The van der Waals surface area contributed by atoms with Crippen LogP contribution in [-0.2, 0) is 6.54 Å². The molecule has 0 heterocycles. The molecule has 0 aliphatic carbocycles. The van der Waals surface area contributed by atoms with Gasteiger partial charge in [0.1, 0.15) is 5.82 Å². The van der Waals surface area contributed by atoms with Gasteiger partial charge >= 0.3 is 0 Å². The lowest BCUT2D eigenvalue weighted by Gasteiger charge is -2.13. The molecule has 2 aromatic rings. The van der Waals surface area contributed by atoms with Gasteiger partial charge in [-0.3, -0.25) is 4.99 Å². The minimum absolute atomic E-state index is 0. The minimum atomic E-state index is -0.174. The van der Waals surface area contributed by atoms with Gasteiger partial charge in [-0.1, -0.05) is 30.3 Å². The second-order valence-corrected chi connectivity index (χ2v) is 5.58. The highest BCUT2D eigenvalue weighted by Gasteiger charge is 2.01. The number of nitrogens with one attached hydrogen (secondary N) is 3. The molecule has 2 rings (SSSR count). The third kappa shape index (κ3) is 7.72. The minimum Gasteiger partial charge on any atom is -0.385 e. The molecule has 4 nitrogen and oxygen atoms in total. The Labute approximate surface area is 166 Å². The van der Waals surface area contributed by atoms with E-state index < -0.39 is 0 Å². The van der Waals surface area contributed by atoms with Crippen LogP contribution in [0.25, 0.3) is 0 Å². The van der Waals surface area contributed by atoms with Gasteiger partial charge in [0.05, 0.1) is 0 Å². The third-order valence-electron chi connectivity index (χ3n) is 3.65. The molecule has 0 aromatic heterocycles. The predicted molar refractivity (Wildman–Crippen MR) is 114 cm³/mol. The predicted octanol–water partition coefficient (Wildman–Crippen LogP) is 3.92. The quantitative estimate of drug-likeness (QED) is 0.256. The van der Waals surface area contributed by atoms with Crippen LogP contribution in [0.15, 0.2) is 53.5 Å². The van der Waals surface area contributed by atoms with E-state index in [1.54, 1.807) is 20.0 Å². The van der Waals surface area contributed by atoms with E-state index in [1.165, 1.54) is 6.07 Å². The first-order valence-corrected chi connectivity index (χ1v) is 8.17. The van der Waals surface area contributed by atoms with Crippen molar-refractivity contribution in [1.29, 1.82) is 0 Å². The average Bonchev–Trinajstić information content (AvgIpc) is 2.61. The first-order valence-electron chi connectivity index (χ1n) is 8.17. The zero-order valence-corrected chi connectivity index (χ0v) is 17.0. The number of nitrogens with zero attached hydrogens (tertiary/aromatic N) is 1. The smallest absolute Gasteiger partial charge is 0.191 e. The van der Waals surface area contributed by atoms with E-state index in [9.17, 15) is 4.39 Å². The number of halogens is 2. The fourth-order valence-electron chi connectivity index (χ4n) is 2.31. The van der Waals surface area contributed by atoms with Crippen molar-refractivity contribution in [2.45, 2.75) is 19.9 Å². The molecule has 0 amide bonds. The number of aliphatic imine (C=N–C) groups is 1. The van der Waals surface area contributed by atoms with Gasteiger partial charge in [0.25, 0.3) is 0 Å². The van der Waals surface area contributed by atoms with Crippen molar-refractivity contribution >= 4 is 35.6 Å². The second kappa shape index (κ2) is 11.7. The number of hydrogen-bond acceptors (Lipinski definition) is 2. The van der Waals surface area contributed by atoms with Crippen molar-refractivity contribution in [1.82, 2.24) is 10.6 Å². The van der Waals surface area contributed by atoms with Gasteiger partial charge in [-0.15, -0.1) is 24.0 Å². The molecule has 2 aromatic carbocycles. The van der Waals surface area contributed by atoms with Crippen molar-refractivity contribution in [2.24, 2.45) is 4.99 Å². The van der Waals surface area contributed by atoms with Gasteiger partial charge in [0.2, 0.25) is 0 Å². The Bertz CT molecular complexity index is 662. The normalized spacial score (nSPS) is 10.8. The molecular weight excluding hydrogens is 430 g/mol. The van der Waals surface area contributed by atoms with Gasteiger partial charge in [0.15, 0.2) is 5.96 Å². The maximum Gasteiger partial charge on any atom is 0.191 e. The molecule has 0 radical (unpaired) electrons. The molecule has 3 N–H and O–H groups in total. The molecule has 0 aliphatic heterocycles. The lowest BCUT2D eigenvalue weighted by atomic mass is 10.1. The number of para-hydroxylation sites is 1.